The normalized spacial score (nSPS) is 11.9. The van der Waals surface area contributed by atoms with Gasteiger partial charge in [0.2, 0.25) is 0 Å². The molecule has 0 aliphatic heterocycles. The van der Waals surface area contributed by atoms with E-state index in [9.17, 15) is 0 Å². The number of aliphatic imine (C=N–C) groups is 2. The summed E-state index contributed by atoms with van der Waals surface area (Å²) in [5.74, 6) is 0. The Bertz CT molecular complexity index is 903. The predicted molar refractivity (Wildman–Crippen MR) is 117 cm³/mol. The van der Waals surface area contributed by atoms with Gasteiger partial charge >= 0.3 is 33.3 Å². The molecule has 27 heavy (non-hydrogen) atoms. The van der Waals surface area contributed by atoms with Gasteiger partial charge in [0.25, 0.3) is 0 Å². The zero-order chi connectivity index (χ0) is 19.6. The summed E-state index contributed by atoms with van der Waals surface area (Å²) in [6, 6.07) is 22.6. The van der Waals surface area contributed by atoms with Crippen LogP contribution in [0.15, 0.2) is 76.7 Å². The third-order valence-electron chi connectivity index (χ3n) is 3.70. The van der Waals surface area contributed by atoms with E-state index in [1.807, 2.05) is 30.3 Å². The topological polar surface area (TPSA) is 24.7 Å². The number of rotatable bonds is 4. The standard InChI is InChI=1S/C21H20N2S.2ClH.Fe/c1-15-9-11-19(12-10-15)23-17(3)21-14-13-20(24-21)16(2)22-18-7-5-4-6-8-18;;;/h4-14H,1-3H3;2*1H;/q;;;+2/p-2. The van der Waals surface area contributed by atoms with E-state index < -0.39 is 0 Å². The molecule has 0 saturated heterocycles. The van der Waals surface area contributed by atoms with Crippen molar-refractivity contribution in [3.63, 3.8) is 0 Å². The van der Waals surface area contributed by atoms with Crippen LogP contribution >= 0.6 is 31.5 Å². The monoisotopic (exact) mass is 458 g/mol. The van der Waals surface area contributed by atoms with Gasteiger partial charge in [0.15, 0.2) is 0 Å². The molecule has 0 N–H and O–H groups in total. The molecule has 0 bridgehead atoms. The molecule has 0 aliphatic rings. The molecule has 1 heterocycles. The van der Waals surface area contributed by atoms with E-state index in [1.165, 1.54) is 15.3 Å². The quantitative estimate of drug-likeness (QED) is 0.282. The zero-order valence-corrected chi connectivity index (χ0v) is 18.7. The summed E-state index contributed by atoms with van der Waals surface area (Å²) < 4.78 is 0. The summed E-state index contributed by atoms with van der Waals surface area (Å²) in [6.45, 7) is 6.19. The molecule has 0 fully saturated rings. The van der Waals surface area contributed by atoms with E-state index in [0.717, 1.165) is 22.8 Å². The number of nitrogens with zero attached hydrogens (tertiary/aromatic N) is 2. The van der Waals surface area contributed by atoms with Crippen LogP contribution in [0.3, 0.4) is 0 Å². The molecule has 2 aromatic carbocycles. The van der Waals surface area contributed by atoms with Crippen molar-refractivity contribution in [1.29, 1.82) is 0 Å². The fraction of sp³-hybridized carbons (Fsp3) is 0.143. The first kappa shape index (κ1) is 21.9. The average molecular weight is 459 g/mol. The molecule has 0 amide bonds. The summed E-state index contributed by atoms with van der Waals surface area (Å²) in [5.41, 5.74) is 5.28. The van der Waals surface area contributed by atoms with Gasteiger partial charge < -0.3 is 0 Å². The van der Waals surface area contributed by atoms with Crippen LogP contribution in [-0.2, 0) is 13.1 Å². The summed E-state index contributed by atoms with van der Waals surface area (Å²) >= 11 is 1.92. The number of benzene rings is 2. The Morgan fingerprint density at radius 2 is 1.19 bits per heavy atom. The predicted octanol–water partition coefficient (Wildman–Crippen LogP) is 7.71. The van der Waals surface area contributed by atoms with Crippen molar-refractivity contribution in [2.45, 2.75) is 20.8 Å². The molecule has 0 saturated carbocycles. The SMILES string of the molecule is CC(=Nc1ccccc1)c1ccc(C(C)=Nc2ccc(C)cc2)s1.[Cl][Fe][Cl]. The van der Waals surface area contributed by atoms with Crippen LogP contribution in [-0.4, -0.2) is 11.4 Å². The third-order valence-corrected chi connectivity index (χ3v) is 5.01. The second-order valence-electron chi connectivity index (χ2n) is 5.78. The second kappa shape index (κ2) is 11.4. The van der Waals surface area contributed by atoms with E-state index >= 15 is 0 Å². The van der Waals surface area contributed by atoms with Crippen LogP contribution in [0.5, 0.6) is 0 Å². The Morgan fingerprint density at radius 1 is 0.741 bits per heavy atom. The fourth-order valence-corrected chi connectivity index (χ4v) is 3.24. The van der Waals surface area contributed by atoms with Crippen LogP contribution < -0.4 is 0 Å². The van der Waals surface area contributed by atoms with Crippen LogP contribution in [0.4, 0.5) is 11.4 Å². The Morgan fingerprint density at radius 3 is 1.67 bits per heavy atom. The zero-order valence-electron chi connectivity index (χ0n) is 15.3. The van der Waals surface area contributed by atoms with Gasteiger partial charge in [0, 0.05) is 9.75 Å². The first-order valence-corrected chi connectivity index (χ1v) is 12.1. The van der Waals surface area contributed by atoms with Gasteiger partial charge in [-0.05, 0) is 57.2 Å². The minimum atomic E-state index is 0.194. The third kappa shape index (κ3) is 7.25. The van der Waals surface area contributed by atoms with Crippen LogP contribution in [0.25, 0.3) is 0 Å². The van der Waals surface area contributed by atoms with Gasteiger partial charge in [-0.25, -0.2) is 0 Å². The van der Waals surface area contributed by atoms with E-state index in [4.69, 9.17) is 25.2 Å². The van der Waals surface area contributed by atoms with Crippen LogP contribution in [0.2, 0.25) is 0 Å². The van der Waals surface area contributed by atoms with Gasteiger partial charge in [0.05, 0.1) is 22.8 Å². The first-order valence-electron chi connectivity index (χ1n) is 8.21. The second-order valence-corrected chi connectivity index (χ2v) is 8.69. The van der Waals surface area contributed by atoms with Crippen molar-refractivity contribution < 1.29 is 13.1 Å². The van der Waals surface area contributed by atoms with Crippen molar-refractivity contribution in [2.75, 3.05) is 0 Å². The summed E-state index contributed by atoms with van der Waals surface area (Å²) in [5, 5.41) is 0. The van der Waals surface area contributed by atoms with Gasteiger partial charge in [-0.15, -0.1) is 11.3 Å². The molecule has 0 atom stereocenters. The van der Waals surface area contributed by atoms with Gasteiger partial charge in [-0.3, -0.25) is 9.98 Å². The Hall–Kier alpha value is -1.42. The van der Waals surface area contributed by atoms with Crippen LogP contribution in [0.1, 0.15) is 29.2 Å². The number of hydrogen-bond acceptors (Lipinski definition) is 3. The summed E-state index contributed by atoms with van der Waals surface area (Å²) in [7, 11) is 9.53. The Kier molecular flexibility index (Phi) is 9.26. The molecule has 0 spiro atoms. The first-order chi connectivity index (χ1) is 13.0. The molecule has 2 nitrogen and oxygen atoms in total. The van der Waals surface area contributed by atoms with E-state index in [1.54, 1.807) is 11.3 Å². The van der Waals surface area contributed by atoms with E-state index in [-0.39, 0.29) is 13.1 Å². The maximum atomic E-state index is 4.76. The fourth-order valence-electron chi connectivity index (χ4n) is 2.35. The molecule has 1 aromatic heterocycles. The number of aryl methyl sites for hydroxylation is 1. The maximum absolute atomic E-state index is 4.76. The number of para-hydroxylation sites is 1. The van der Waals surface area contributed by atoms with Crippen molar-refractivity contribution >= 4 is 54.3 Å². The Balaban J connectivity index is 0.000000817. The number of hydrogen-bond donors (Lipinski definition) is 0. The Labute approximate surface area is 179 Å². The molecule has 142 valence electrons. The van der Waals surface area contributed by atoms with Gasteiger partial charge in [-0.1, -0.05) is 35.9 Å². The molecular formula is C21H20Cl2FeN2S. The van der Waals surface area contributed by atoms with Crippen LogP contribution in [0, 0.1) is 6.92 Å². The molecule has 3 rings (SSSR count). The van der Waals surface area contributed by atoms with E-state index in [2.05, 4.69) is 62.2 Å². The van der Waals surface area contributed by atoms with E-state index in [0.29, 0.717) is 0 Å². The van der Waals surface area contributed by atoms with Crippen molar-refractivity contribution in [2.24, 2.45) is 9.98 Å². The van der Waals surface area contributed by atoms with Crippen molar-refractivity contribution in [3.8, 4) is 0 Å². The molecule has 0 radical (unpaired) electrons. The average Bonchev–Trinajstić information content (AvgIpc) is 3.16. The van der Waals surface area contributed by atoms with Crippen molar-refractivity contribution in [1.82, 2.24) is 0 Å². The van der Waals surface area contributed by atoms with Gasteiger partial charge in [0.1, 0.15) is 0 Å². The summed E-state index contributed by atoms with van der Waals surface area (Å²) in [6.07, 6.45) is 0. The van der Waals surface area contributed by atoms with Crippen molar-refractivity contribution in [3.05, 3.63) is 82.0 Å². The molecule has 3 aromatic rings. The molecule has 0 aliphatic carbocycles. The molecule has 0 unspecified atom stereocenters. The number of thiophene rings is 1. The summed E-state index contributed by atoms with van der Waals surface area (Å²) in [4.78, 5) is 11.7. The molecule has 6 heteroatoms. The molecular weight excluding hydrogens is 439 g/mol. The van der Waals surface area contributed by atoms with Gasteiger partial charge in [-0.2, -0.15) is 0 Å². The number of halogens is 2. The minimum absolute atomic E-state index is 0.194.